The van der Waals surface area contributed by atoms with Crippen LogP contribution in [0, 0.1) is 6.92 Å². The van der Waals surface area contributed by atoms with Gasteiger partial charge < -0.3 is 5.32 Å². The number of pyridine rings is 1. The second-order valence-electron chi connectivity index (χ2n) is 6.96. The molecule has 2 heterocycles. The van der Waals surface area contributed by atoms with Crippen LogP contribution in [0.25, 0.3) is 16.9 Å². The fourth-order valence-electron chi connectivity index (χ4n) is 3.19. The first-order valence-electron chi connectivity index (χ1n) is 9.63. The van der Waals surface area contributed by atoms with E-state index >= 15 is 0 Å². The number of amides is 1. The van der Waals surface area contributed by atoms with Crippen molar-refractivity contribution in [1.29, 1.82) is 0 Å². The Morgan fingerprint density at radius 2 is 1.96 bits per heavy atom. The number of nitrogens with one attached hydrogen (secondary N) is 1. The smallest absolute Gasteiger partial charge is 0.225 e. The van der Waals surface area contributed by atoms with Crippen LogP contribution in [0.3, 0.4) is 0 Å². The van der Waals surface area contributed by atoms with Gasteiger partial charge >= 0.3 is 0 Å². The number of imidazole rings is 1. The van der Waals surface area contributed by atoms with Gasteiger partial charge in [0.15, 0.2) is 0 Å². The number of carbonyl (C=O) groups excluding carboxylic acids is 1. The summed E-state index contributed by atoms with van der Waals surface area (Å²) in [7, 11) is 0. The van der Waals surface area contributed by atoms with E-state index in [0.29, 0.717) is 17.3 Å². The van der Waals surface area contributed by atoms with Crippen molar-refractivity contribution in [3.05, 3.63) is 53.2 Å². The van der Waals surface area contributed by atoms with Crippen molar-refractivity contribution >= 4 is 29.0 Å². The van der Waals surface area contributed by atoms with Crippen LogP contribution in [-0.4, -0.2) is 15.3 Å². The molecular weight excluding hydrogens is 358 g/mol. The molecule has 27 heavy (non-hydrogen) atoms. The second kappa shape index (κ2) is 9.05. The number of nitrogens with zero attached hydrogens (tertiary/aromatic N) is 2. The standard InChI is InChI=1S/C22H26ClN3O/c1-3-4-5-6-7-11-20(27)25-22-21(17-9-8-10-18(23)15-17)24-19-14-16(2)12-13-26(19)22/h8-10,12-15H,3-7,11H2,1-2H3,(H,25,27). The summed E-state index contributed by atoms with van der Waals surface area (Å²) in [6.45, 7) is 4.22. The molecule has 142 valence electrons. The Bertz CT molecular complexity index is 932. The SMILES string of the molecule is CCCCCCCC(=O)Nc1c(-c2cccc(Cl)c2)nc2cc(C)ccn12. The van der Waals surface area contributed by atoms with E-state index in [1.165, 1.54) is 19.3 Å². The molecule has 0 atom stereocenters. The average molecular weight is 384 g/mol. The van der Waals surface area contributed by atoms with Gasteiger partial charge in [-0.15, -0.1) is 0 Å². The van der Waals surface area contributed by atoms with Crippen LogP contribution in [0.4, 0.5) is 5.82 Å². The molecule has 0 saturated heterocycles. The maximum absolute atomic E-state index is 12.5. The number of benzene rings is 1. The number of aryl methyl sites for hydroxylation is 1. The van der Waals surface area contributed by atoms with E-state index in [9.17, 15) is 4.79 Å². The summed E-state index contributed by atoms with van der Waals surface area (Å²) in [5.74, 6) is 0.725. The molecule has 4 nitrogen and oxygen atoms in total. The fraction of sp³-hybridized carbons (Fsp3) is 0.364. The summed E-state index contributed by atoms with van der Waals surface area (Å²) in [6, 6.07) is 11.6. The lowest BCUT2D eigenvalue weighted by Crippen LogP contribution is -2.13. The highest BCUT2D eigenvalue weighted by molar-refractivity contribution is 6.30. The third-order valence-electron chi connectivity index (χ3n) is 4.64. The summed E-state index contributed by atoms with van der Waals surface area (Å²) >= 11 is 6.16. The molecule has 0 aliphatic rings. The van der Waals surface area contributed by atoms with Crippen molar-refractivity contribution in [3.8, 4) is 11.3 Å². The van der Waals surface area contributed by atoms with Crippen LogP contribution in [0.5, 0.6) is 0 Å². The highest BCUT2D eigenvalue weighted by Gasteiger charge is 2.16. The van der Waals surface area contributed by atoms with Crippen LogP contribution in [0.15, 0.2) is 42.6 Å². The van der Waals surface area contributed by atoms with Gasteiger partial charge in [-0.1, -0.05) is 56.3 Å². The molecule has 1 aromatic carbocycles. The number of anilines is 1. The van der Waals surface area contributed by atoms with Crippen molar-refractivity contribution in [2.75, 3.05) is 5.32 Å². The Morgan fingerprint density at radius 3 is 2.74 bits per heavy atom. The Kier molecular flexibility index (Phi) is 6.51. The summed E-state index contributed by atoms with van der Waals surface area (Å²) in [5.41, 5.74) is 3.56. The quantitative estimate of drug-likeness (QED) is 0.466. The number of aromatic nitrogens is 2. The normalized spacial score (nSPS) is 11.1. The first kappa shape index (κ1) is 19.4. The zero-order chi connectivity index (χ0) is 19.2. The Balaban J connectivity index is 1.86. The molecule has 3 aromatic rings. The van der Waals surface area contributed by atoms with Crippen LogP contribution in [-0.2, 0) is 4.79 Å². The second-order valence-corrected chi connectivity index (χ2v) is 7.40. The van der Waals surface area contributed by atoms with Crippen molar-refractivity contribution in [1.82, 2.24) is 9.38 Å². The van der Waals surface area contributed by atoms with Crippen molar-refractivity contribution < 1.29 is 4.79 Å². The predicted molar refractivity (Wildman–Crippen MR) is 112 cm³/mol. The number of hydrogen-bond acceptors (Lipinski definition) is 2. The van der Waals surface area contributed by atoms with Crippen LogP contribution < -0.4 is 5.32 Å². The van der Waals surface area contributed by atoms with Gasteiger partial charge in [0.2, 0.25) is 5.91 Å². The third kappa shape index (κ3) is 4.89. The number of hydrogen-bond donors (Lipinski definition) is 1. The number of rotatable bonds is 8. The van der Waals surface area contributed by atoms with Crippen LogP contribution in [0.1, 0.15) is 51.0 Å². The zero-order valence-corrected chi connectivity index (χ0v) is 16.7. The molecule has 0 saturated carbocycles. The predicted octanol–water partition coefficient (Wildman–Crippen LogP) is 6.26. The Labute approximate surface area is 165 Å². The fourth-order valence-corrected chi connectivity index (χ4v) is 3.38. The Hall–Kier alpha value is -2.33. The number of unbranched alkanes of at least 4 members (excludes halogenated alkanes) is 4. The Morgan fingerprint density at radius 1 is 1.15 bits per heavy atom. The maximum Gasteiger partial charge on any atom is 0.225 e. The minimum Gasteiger partial charge on any atom is -0.310 e. The molecular formula is C22H26ClN3O. The summed E-state index contributed by atoms with van der Waals surface area (Å²) < 4.78 is 1.93. The van der Waals surface area contributed by atoms with Gasteiger partial charge in [-0.25, -0.2) is 4.98 Å². The third-order valence-corrected chi connectivity index (χ3v) is 4.88. The molecule has 5 heteroatoms. The van der Waals surface area contributed by atoms with E-state index in [2.05, 4.69) is 12.2 Å². The molecule has 0 unspecified atom stereocenters. The molecule has 0 spiro atoms. The molecule has 0 fully saturated rings. The van der Waals surface area contributed by atoms with Crippen molar-refractivity contribution in [3.63, 3.8) is 0 Å². The van der Waals surface area contributed by atoms with E-state index in [1.54, 1.807) is 0 Å². The van der Waals surface area contributed by atoms with Gasteiger partial charge in [0, 0.05) is 23.2 Å². The summed E-state index contributed by atoms with van der Waals surface area (Å²) in [6.07, 6.45) is 8.10. The number of carbonyl (C=O) groups is 1. The summed E-state index contributed by atoms with van der Waals surface area (Å²) in [5, 5.41) is 3.73. The van der Waals surface area contributed by atoms with Crippen molar-refractivity contribution in [2.24, 2.45) is 0 Å². The topological polar surface area (TPSA) is 46.4 Å². The van der Waals surface area contributed by atoms with Crippen LogP contribution >= 0.6 is 11.6 Å². The van der Waals surface area contributed by atoms with E-state index in [-0.39, 0.29) is 5.91 Å². The van der Waals surface area contributed by atoms with E-state index in [4.69, 9.17) is 16.6 Å². The highest BCUT2D eigenvalue weighted by Crippen LogP contribution is 2.30. The maximum atomic E-state index is 12.5. The zero-order valence-electron chi connectivity index (χ0n) is 16.0. The lowest BCUT2D eigenvalue weighted by Gasteiger charge is -2.08. The largest absolute Gasteiger partial charge is 0.310 e. The van der Waals surface area contributed by atoms with E-state index in [1.807, 2.05) is 53.9 Å². The molecule has 0 bridgehead atoms. The first-order valence-corrected chi connectivity index (χ1v) is 10.0. The van der Waals surface area contributed by atoms with Gasteiger partial charge in [-0.2, -0.15) is 0 Å². The average Bonchev–Trinajstić information content (AvgIpc) is 2.99. The molecule has 1 amide bonds. The molecule has 0 aliphatic heterocycles. The molecule has 0 radical (unpaired) electrons. The molecule has 0 aliphatic carbocycles. The molecule has 2 aromatic heterocycles. The molecule has 1 N–H and O–H groups in total. The minimum absolute atomic E-state index is 0.0251. The number of halogens is 1. The monoisotopic (exact) mass is 383 g/mol. The van der Waals surface area contributed by atoms with Crippen LogP contribution in [0.2, 0.25) is 5.02 Å². The summed E-state index contributed by atoms with van der Waals surface area (Å²) in [4.78, 5) is 17.3. The van der Waals surface area contributed by atoms with Crippen molar-refractivity contribution in [2.45, 2.75) is 52.4 Å². The van der Waals surface area contributed by atoms with Gasteiger partial charge in [-0.05, 0) is 43.2 Å². The molecule has 3 rings (SSSR count). The van der Waals surface area contributed by atoms with E-state index < -0.39 is 0 Å². The number of fused-ring (bicyclic) bond motifs is 1. The van der Waals surface area contributed by atoms with Gasteiger partial charge in [0.25, 0.3) is 0 Å². The van der Waals surface area contributed by atoms with Gasteiger partial charge in [0.1, 0.15) is 17.2 Å². The lowest BCUT2D eigenvalue weighted by molar-refractivity contribution is -0.116. The van der Waals surface area contributed by atoms with Gasteiger partial charge in [0.05, 0.1) is 0 Å². The first-order chi connectivity index (χ1) is 13.1. The van der Waals surface area contributed by atoms with E-state index in [0.717, 1.165) is 35.3 Å². The lowest BCUT2D eigenvalue weighted by atomic mass is 10.1. The minimum atomic E-state index is 0.0251. The van der Waals surface area contributed by atoms with Gasteiger partial charge in [-0.3, -0.25) is 9.20 Å². The highest BCUT2D eigenvalue weighted by atomic mass is 35.5.